The first kappa shape index (κ1) is 29.6. The second kappa shape index (κ2) is 11.6. The maximum atomic E-state index is 13.3. The molecular formula is C28H42N2O8S. The molecule has 218 valence electrons. The van der Waals surface area contributed by atoms with E-state index >= 15 is 0 Å². The van der Waals surface area contributed by atoms with Crippen molar-refractivity contribution in [2.75, 3.05) is 25.4 Å². The number of rotatable bonds is 6. The summed E-state index contributed by atoms with van der Waals surface area (Å²) in [6, 6.07) is 9.21. The van der Waals surface area contributed by atoms with Crippen LogP contribution < -0.4 is 5.32 Å². The van der Waals surface area contributed by atoms with Crippen LogP contribution in [-0.2, 0) is 30.7 Å². The zero-order valence-corrected chi connectivity index (χ0v) is 24.0. The van der Waals surface area contributed by atoms with Crippen molar-refractivity contribution in [2.45, 2.75) is 100 Å². The fourth-order valence-corrected chi connectivity index (χ4v) is 8.02. The van der Waals surface area contributed by atoms with E-state index in [0.29, 0.717) is 38.7 Å². The van der Waals surface area contributed by atoms with Gasteiger partial charge in [-0.2, -0.15) is 0 Å². The molecule has 1 aromatic rings. The molecule has 1 unspecified atom stereocenters. The third kappa shape index (κ3) is 8.08. The van der Waals surface area contributed by atoms with Crippen LogP contribution in [-0.4, -0.2) is 84.2 Å². The van der Waals surface area contributed by atoms with Gasteiger partial charge in [0.2, 0.25) is 0 Å². The smallest absolute Gasteiger partial charge is 0.410 e. The summed E-state index contributed by atoms with van der Waals surface area (Å²) in [5.41, 5.74) is -1.50. The lowest BCUT2D eigenvalue weighted by Gasteiger charge is -2.40. The van der Waals surface area contributed by atoms with Crippen molar-refractivity contribution >= 4 is 22.0 Å². The van der Waals surface area contributed by atoms with E-state index in [-0.39, 0.29) is 44.3 Å². The van der Waals surface area contributed by atoms with E-state index in [4.69, 9.17) is 14.2 Å². The van der Waals surface area contributed by atoms with Gasteiger partial charge in [0.1, 0.15) is 12.2 Å². The Morgan fingerprint density at radius 1 is 1.10 bits per heavy atom. The first-order valence-electron chi connectivity index (χ1n) is 13.8. The minimum atomic E-state index is -3.55. The SMILES string of the molecule is CC(C)(C)OC(=O)NC1COC2(CCC(S(=O)(=O)CC3(O)CCN(C(=O)OCc4ccccc4)CC3)CC2)C1. The first-order valence-corrected chi connectivity index (χ1v) is 15.5. The van der Waals surface area contributed by atoms with Crippen LogP contribution in [0.5, 0.6) is 0 Å². The van der Waals surface area contributed by atoms with Crippen molar-refractivity contribution < 1.29 is 37.3 Å². The van der Waals surface area contributed by atoms with Crippen LogP contribution in [0.25, 0.3) is 0 Å². The van der Waals surface area contributed by atoms with Crippen LogP contribution in [0.1, 0.15) is 71.3 Å². The number of hydrogen-bond donors (Lipinski definition) is 2. The molecule has 11 heteroatoms. The number of nitrogens with zero attached hydrogens (tertiary/aromatic N) is 1. The number of amides is 2. The van der Waals surface area contributed by atoms with E-state index < -0.39 is 44.1 Å². The predicted molar refractivity (Wildman–Crippen MR) is 145 cm³/mol. The molecule has 4 rings (SSSR count). The van der Waals surface area contributed by atoms with Crippen molar-refractivity contribution in [3.63, 3.8) is 0 Å². The highest BCUT2D eigenvalue weighted by atomic mass is 32.2. The van der Waals surface area contributed by atoms with E-state index in [1.54, 1.807) is 0 Å². The van der Waals surface area contributed by atoms with E-state index in [9.17, 15) is 23.1 Å². The number of aliphatic hydroxyl groups is 1. The summed E-state index contributed by atoms with van der Waals surface area (Å²) < 4.78 is 43.4. The summed E-state index contributed by atoms with van der Waals surface area (Å²) in [5, 5.41) is 13.4. The quantitative estimate of drug-likeness (QED) is 0.534. The number of hydrogen-bond acceptors (Lipinski definition) is 8. The molecule has 39 heavy (non-hydrogen) atoms. The number of benzene rings is 1. The average Bonchev–Trinajstić information content (AvgIpc) is 3.23. The Kier molecular flexibility index (Phi) is 8.82. The number of sulfone groups is 1. The summed E-state index contributed by atoms with van der Waals surface area (Å²) >= 11 is 0. The van der Waals surface area contributed by atoms with Crippen molar-refractivity contribution in [1.82, 2.24) is 10.2 Å². The standard InChI is InChI=1S/C28H42N2O8S/c1-26(2,3)38-24(31)29-22-17-28(37-19-22)11-9-23(10-12-28)39(34,35)20-27(33)13-15-30(16-14-27)25(32)36-18-21-7-5-4-6-8-21/h4-8,22-23,33H,9-20H2,1-3H3,(H,29,31). The zero-order chi connectivity index (χ0) is 28.3. The summed E-state index contributed by atoms with van der Waals surface area (Å²) in [6.07, 6.45) is 2.13. The molecular weight excluding hydrogens is 524 g/mol. The fourth-order valence-electron chi connectivity index (χ4n) is 5.79. The topological polar surface area (TPSA) is 131 Å². The summed E-state index contributed by atoms with van der Waals surface area (Å²) in [7, 11) is -3.55. The largest absolute Gasteiger partial charge is 0.445 e. The maximum absolute atomic E-state index is 13.3. The Morgan fingerprint density at radius 2 is 1.74 bits per heavy atom. The number of carbonyl (C=O) groups excluding carboxylic acids is 2. The Balaban J connectivity index is 1.22. The number of piperidine rings is 1. The number of likely N-dealkylation sites (tertiary alicyclic amines) is 1. The highest BCUT2D eigenvalue weighted by molar-refractivity contribution is 7.92. The van der Waals surface area contributed by atoms with Crippen LogP contribution in [0.3, 0.4) is 0 Å². The fraction of sp³-hybridized carbons (Fsp3) is 0.714. The van der Waals surface area contributed by atoms with Crippen LogP contribution in [0.2, 0.25) is 0 Å². The summed E-state index contributed by atoms with van der Waals surface area (Å²) in [4.78, 5) is 26.1. The van der Waals surface area contributed by atoms with Crippen molar-refractivity contribution in [1.29, 1.82) is 0 Å². The van der Waals surface area contributed by atoms with E-state index in [0.717, 1.165) is 5.56 Å². The van der Waals surface area contributed by atoms with Crippen molar-refractivity contribution in [3.05, 3.63) is 35.9 Å². The minimum absolute atomic E-state index is 0.166. The molecule has 0 radical (unpaired) electrons. The third-order valence-electron chi connectivity index (χ3n) is 7.91. The Bertz CT molecular complexity index is 1100. The molecule has 3 aliphatic rings. The van der Waals surface area contributed by atoms with Gasteiger partial charge in [-0.1, -0.05) is 30.3 Å². The van der Waals surface area contributed by atoms with Gasteiger partial charge in [-0.05, 0) is 71.3 Å². The van der Waals surface area contributed by atoms with Crippen LogP contribution in [0.15, 0.2) is 30.3 Å². The Morgan fingerprint density at radius 3 is 2.36 bits per heavy atom. The highest BCUT2D eigenvalue weighted by Crippen LogP contribution is 2.42. The average molecular weight is 567 g/mol. The predicted octanol–water partition coefficient (Wildman–Crippen LogP) is 3.56. The summed E-state index contributed by atoms with van der Waals surface area (Å²) in [6.45, 7) is 6.45. The molecule has 10 nitrogen and oxygen atoms in total. The number of alkyl carbamates (subject to hydrolysis) is 1. The van der Waals surface area contributed by atoms with Gasteiger partial charge < -0.3 is 29.5 Å². The molecule has 1 aliphatic carbocycles. The summed E-state index contributed by atoms with van der Waals surface area (Å²) in [5.74, 6) is -0.311. The van der Waals surface area contributed by atoms with Gasteiger partial charge in [-0.3, -0.25) is 0 Å². The van der Waals surface area contributed by atoms with Gasteiger partial charge in [0.05, 0.1) is 34.9 Å². The third-order valence-corrected chi connectivity index (χ3v) is 10.3. The van der Waals surface area contributed by atoms with Crippen molar-refractivity contribution in [2.24, 2.45) is 0 Å². The molecule has 1 atom stereocenters. The number of nitrogens with one attached hydrogen (secondary N) is 1. The molecule has 2 amide bonds. The molecule has 1 spiro atoms. The highest BCUT2D eigenvalue weighted by Gasteiger charge is 2.47. The molecule has 2 N–H and O–H groups in total. The number of ether oxygens (including phenoxy) is 3. The van der Waals surface area contributed by atoms with Crippen LogP contribution in [0.4, 0.5) is 9.59 Å². The van der Waals surface area contributed by atoms with Gasteiger partial charge in [0, 0.05) is 13.1 Å². The molecule has 3 fully saturated rings. The van der Waals surface area contributed by atoms with Crippen LogP contribution >= 0.6 is 0 Å². The molecule has 1 saturated carbocycles. The van der Waals surface area contributed by atoms with Gasteiger partial charge in [0.15, 0.2) is 9.84 Å². The molecule has 0 bridgehead atoms. The van der Waals surface area contributed by atoms with E-state index in [1.165, 1.54) is 4.90 Å². The van der Waals surface area contributed by atoms with Crippen LogP contribution in [0, 0.1) is 0 Å². The first-order chi connectivity index (χ1) is 18.3. The molecule has 1 aromatic carbocycles. The van der Waals surface area contributed by atoms with Gasteiger partial charge >= 0.3 is 12.2 Å². The normalized spacial score (nSPS) is 27.2. The Hall–Kier alpha value is -2.37. The molecule has 2 aliphatic heterocycles. The lowest BCUT2D eigenvalue weighted by molar-refractivity contribution is -0.0244. The maximum Gasteiger partial charge on any atom is 0.410 e. The second-order valence-corrected chi connectivity index (χ2v) is 14.6. The lowest BCUT2D eigenvalue weighted by Crippen LogP contribution is -2.51. The van der Waals surface area contributed by atoms with E-state index in [1.807, 2.05) is 51.1 Å². The Labute approximate surface area is 231 Å². The van der Waals surface area contributed by atoms with Crippen molar-refractivity contribution in [3.8, 4) is 0 Å². The van der Waals surface area contributed by atoms with Gasteiger partial charge in [-0.25, -0.2) is 18.0 Å². The monoisotopic (exact) mass is 566 g/mol. The number of carbonyl (C=O) groups is 2. The zero-order valence-electron chi connectivity index (χ0n) is 23.2. The molecule has 0 aromatic heterocycles. The molecule has 2 saturated heterocycles. The molecule has 2 heterocycles. The van der Waals surface area contributed by atoms with Gasteiger partial charge in [-0.15, -0.1) is 0 Å². The lowest BCUT2D eigenvalue weighted by atomic mass is 9.82. The van der Waals surface area contributed by atoms with Gasteiger partial charge in [0.25, 0.3) is 0 Å². The minimum Gasteiger partial charge on any atom is -0.445 e. The van der Waals surface area contributed by atoms with E-state index in [2.05, 4.69) is 5.32 Å². The second-order valence-electron chi connectivity index (χ2n) is 12.3.